The summed E-state index contributed by atoms with van der Waals surface area (Å²) in [6.07, 6.45) is 2.82. The summed E-state index contributed by atoms with van der Waals surface area (Å²) in [5.74, 6) is 1.81. The summed E-state index contributed by atoms with van der Waals surface area (Å²) in [7, 11) is 0. The lowest BCUT2D eigenvalue weighted by Crippen LogP contribution is -2.31. The Bertz CT molecular complexity index is 155. The van der Waals surface area contributed by atoms with Crippen molar-refractivity contribution in [3.05, 3.63) is 0 Å². The first-order chi connectivity index (χ1) is 6.25. The van der Waals surface area contributed by atoms with Gasteiger partial charge in [-0.15, -0.1) is 0 Å². The second-order valence-corrected chi connectivity index (χ2v) is 4.94. The molecular formula is C11H22N2. The van der Waals surface area contributed by atoms with Crippen LogP contribution in [-0.2, 0) is 0 Å². The van der Waals surface area contributed by atoms with Crippen molar-refractivity contribution < 1.29 is 0 Å². The van der Waals surface area contributed by atoms with Crippen molar-refractivity contribution >= 4 is 0 Å². The van der Waals surface area contributed by atoms with Crippen LogP contribution in [0.2, 0.25) is 0 Å². The molecule has 2 nitrogen and oxygen atoms in total. The average molecular weight is 182 g/mol. The summed E-state index contributed by atoms with van der Waals surface area (Å²) >= 11 is 0. The average Bonchev–Trinajstić information content (AvgIpc) is 2.82. The van der Waals surface area contributed by atoms with Gasteiger partial charge in [-0.25, -0.2) is 0 Å². The molecule has 1 saturated heterocycles. The van der Waals surface area contributed by atoms with Crippen LogP contribution in [0.4, 0.5) is 0 Å². The first kappa shape index (κ1) is 9.47. The van der Waals surface area contributed by atoms with E-state index in [1.54, 1.807) is 0 Å². The van der Waals surface area contributed by atoms with Crippen LogP contribution in [0.3, 0.4) is 0 Å². The molecule has 0 bridgehead atoms. The second-order valence-electron chi connectivity index (χ2n) is 4.94. The summed E-state index contributed by atoms with van der Waals surface area (Å²) in [6.45, 7) is 9.83. The van der Waals surface area contributed by atoms with E-state index < -0.39 is 0 Å². The second kappa shape index (κ2) is 3.97. The van der Waals surface area contributed by atoms with Crippen LogP contribution < -0.4 is 5.32 Å². The van der Waals surface area contributed by atoms with Crippen molar-refractivity contribution in [2.75, 3.05) is 26.2 Å². The lowest BCUT2D eigenvalue weighted by Gasteiger charge is -2.15. The lowest BCUT2D eigenvalue weighted by molar-refractivity contribution is 0.321. The third-order valence-corrected chi connectivity index (χ3v) is 3.50. The van der Waals surface area contributed by atoms with Gasteiger partial charge < -0.3 is 10.2 Å². The molecule has 2 unspecified atom stereocenters. The highest BCUT2D eigenvalue weighted by molar-refractivity contribution is 4.83. The fraction of sp³-hybridized carbons (Fsp3) is 1.00. The van der Waals surface area contributed by atoms with E-state index in [0.29, 0.717) is 0 Å². The number of nitrogens with zero attached hydrogens (tertiary/aromatic N) is 1. The molecule has 0 spiro atoms. The molecule has 76 valence electrons. The Hall–Kier alpha value is -0.0800. The van der Waals surface area contributed by atoms with Gasteiger partial charge in [0.15, 0.2) is 0 Å². The van der Waals surface area contributed by atoms with E-state index in [4.69, 9.17) is 0 Å². The Morgan fingerprint density at radius 1 is 1.15 bits per heavy atom. The molecule has 1 N–H and O–H groups in total. The van der Waals surface area contributed by atoms with Crippen LogP contribution in [0.25, 0.3) is 0 Å². The highest BCUT2D eigenvalue weighted by Crippen LogP contribution is 2.22. The third kappa shape index (κ3) is 2.68. The highest BCUT2D eigenvalue weighted by atomic mass is 15.2. The largest absolute Gasteiger partial charge is 0.313 e. The Labute approximate surface area is 81.7 Å². The zero-order valence-corrected chi connectivity index (χ0v) is 8.92. The Balaban J connectivity index is 1.59. The van der Waals surface area contributed by atoms with Crippen LogP contribution in [0, 0.1) is 11.8 Å². The van der Waals surface area contributed by atoms with Crippen LogP contribution in [0.1, 0.15) is 26.7 Å². The van der Waals surface area contributed by atoms with Crippen LogP contribution in [0.15, 0.2) is 0 Å². The van der Waals surface area contributed by atoms with Crippen molar-refractivity contribution in [2.24, 2.45) is 11.8 Å². The van der Waals surface area contributed by atoms with Crippen molar-refractivity contribution in [1.82, 2.24) is 10.2 Å². The maximum atomic E-state index is 3.57. The Morgan fingerprint density at radius 3 is 2.31 bits per heavy atom. The molecule has 0 aromatic rings. The topological polar surface area (TPSA) is 15.3 Å². The fourth-order valence-corrected chi connectivity index (χ4v) is 2.15. The van der Waals surface area contributed by atoms with E-state index in [1.165, 1.54) is 39.0 Å². The van der Waals surface area contributed by atoms with Gasteiger partial charge in [-0.3, -0.25) is 0 Å². The minimum Gasteiger partial charge on any atom is -0.313 e. The van der Waals surface area contributed by atoms with E-state index >= 15 is 0 Å². The normalized spacial score (nSPS) is 35.5. The summed E-state index contributed by atoms with van der Waals surface area (Å²) in [4.78, 5) is 2.60. The van der Waals surface area contributed by atoms with E-state index in [9.17, 15) is 0 Å². The smallest absolute Gasteiger partial charge is 0.0107 e. The zero-order chi connectivity index (χ0) is 9.26. The number of rotatable bonds is 4. The van der Waals surface area contributed by atoms with Crippen molar-refractivity contribution in [2.45, 2.75) is 32.7 Å². The van der Waals surface area contributed by atoms with Crippen LogP contribution in [-0.4, -0.2) is 37.1 Å². The Morgan fingerprint density at radius 2 is 1.77 bits per heavy atom. The molecule has 2 aliphatic rings. The molecule has 13 heavy (non-hydrogen) atoms. The fourth-order valence-electron chi connectivity index (χ4n) is 2.15. The van der Waals surface area contributed by atoms with E-state index in [-0.39, 0.29) is 0 Å². The molecule has 0 aromatic heterocycles. The standard InChI is InChI=1S/C11H22N2/c1-9-7-13(8-10(9)2)6-5-12-11-3-4-11/h9-12H,3-8H2,1-2H3. The van der Waals surface area contributed by atoms with E-state index in [1.807, 2.05) is 0 Å². The maximum absolute atomic E-state index is 3.57. The molecule has 2 fully saturated rings. The summed E-state index contributed by atoms with van der Waals surface area (Å²) in [5, 5.41) is 3.57. The summed E-state index contributed by atoms with van der Waals surface area (Å²) in [6, 6.07) is 0.873. The van der Waals surface area contributed by atoms with Gasteiger partial charge in [-0.2, -0.15) is 0 Å². The van der Waals surface area contributed by atoms with Gasteiger partial charge in [0.25, 0.3) is 0 Å². The van der Waals surface area contributed by atoms with Crippen LogP contribution in [0.5, 0.6) is 0 Å². The SMILES string of the molecule is CC1CN(CCNC2CC2)CC1C. The monoisotopic (exact) mass is 182 g/mol. The van der Waals surface area contributed by atoms with Gasteiger partial charge in [0, 0.05) is 32.2 Å². The zero-order valence-electron chi connectivity index (χ0n) is 8.92. The number of likely N-dealkylation sites (tertiary alicyclic amines) is 1. The molecular weight excluding hydrogens is 160 g/mol. The van der Waals surface area contributed by atoms with Crippen molar-refractivity contribution in [3.63, 3.8) is 0 Å². The number of hydrogen-bond donors (Lipinski definition) is 1. The quantitative estimate of drug-likeness (QED) is 0.705. The summed E-state index contributed by atoms with van der Waals surface area (Å²) in [5.41, 5.74) is 0. The number of hydrogen-bond acceptors (Lipinski definition) is 2. The molecule has 1 aliphatic heterocycles. The molecule has 1 heterocycles. The molecule has 2 heteroatoms. The first-order valence-corrected chi connectivity index (χ1v) is 5.71. The van der Waals surface area contributed by atoms with Gasteiger partial charge in [0.2, 0.25) is 0 Å². The van der Waals surface area contributed by atoms with Gasteiger partial charge in [-0.05, 0) is 24.7 Å². The van der Waals surface area contributed by atoms with Gasteiger partial charge in [-0.1, -0.05) is 13.8 Å². The maximum Gasteiger partial charge on any atom is 0.0107 e. The number of nitrogens with one attached hydrogen (secondary N) is 1. The lowest BCUT2D eigenvalue weighted by atomic mass is 10.0. The molecule has 0 radical (unpaired) electrons. The minimum absolute atomic E-state index is 0.873. The van der Waals surface area contributed by atoms with Gasteiger partial charge >= 0.3 is 0 Å². The van der Waals surface area contributed by atoms with E-state index in [2.05, 4.69) is 24.1 Å². The highest BCUT2D eigenvalue weighted by Gasteiger charge is 2.26. The molecule has 2 atom stereocenters. The molecule has 1 aliphatic carbocycles. The molecule has 2 rings (SSSR count). The molecule has 0 amide bonds. The predicted molar refractivity (Wildman–Crippen MR) is 55.8 cm³/mol. The summed E-state index contributed by atoms with van der Waals surface area (Å²) < 4.78 is 0. The molecule has 0 aromatic carbocycles. The first-order valence-electron chi connectivity index (χ1n) is 5.71. The van der Waals surface area contributed by atoms with E-state index in [0.717, 1.165) is 17.9 Å². The molecule has 1 saturated carbocycles. The Kier molecular flexibility index (Phi) is 2.89. The van der Waals surface area contributed by atoms with Crippen molar-refractivity contribution in [1.29, 1.82) is 0 Å². The van der Waals surface area contributed by atoms with Crippen molar-refractivity contribution in [3.8, 4) is 0 Å². The minimum atomic E-state index is 0.873. The predicted octanol–water partition coefficient (Wildman–Crippen LogP) is 1.33. The van der Waals surface area contributed by atoms with Gasteiger partial charge in [0.1, 0.15) is 0 Å². The van der Waals surface area contributed by atoms with Crippen LogP contribution >= 0.6 is 0 Å². The van der Waals surface area contributed by atoms with Gasteiger partial charge in [0.05, 0.1) is 0 Å². The third-order valence-electron chi connectivity index (χ3n) is 3.50.